The molecule has 0 unspecified atom stereocenters. The predicted octanol–water partition coefficient (Wildman–Crippen LogP) is 5.33. The van der Waals surface area contributed by atoms with Crippen LogP contribution in [0.1, 0.15) is 93.9 Å². The Morgan fingerprint density at radius 3 is 1.25 bits per heavy atom. The summed E-state index contributed by atoms with van der Waals surface area (Å²) in [6.07, 6.45) is 7.55. The van der Waals surface area contributed by atoms with Crippen LogP contribution in [0.2, 0.25) is 0 Å². The van der Waals surface area contributed by atoms with Crippen molar-refractivity contribution in [2.24, 2.45) is 17.8 Å². The first-order chi connectivity index (χ1) is 10.7. The predicted molar refractivity (Wildman–Crippen MR) is 106 cm³/mol. The van der Waals surface area contributed by atoms with Crippen molar-refractivity contribution in [3.8, 4) is 0 Å². The highest BCUT2D eigenvalue weighted by atomic mass is 15.1. The van der Waals surface area contributed by atoms with Crippen molar-refractivity contribution >= 4 is 0 Å². The number of nitrogens with one attached hydrogen (secondary N) is 2. The molecule has 0 aromatic rings. The van der Waals surface area contributed by atoms with E-state index in [1.807, 2.05) is 0 Å². The van der Waals surface area contributed by atoms with Gasteiger partial charge in [-0.1, -0.05) is 13.3 Å². The Labute approximate surface area is 151 Å². The molecule has 0 saturated carbocycles. The first kappa shape index (κ1) is 20.2. The zero-order valence-electron chi connectivity index (χ0n) is 17.7. The highest BCUT2D eigenvalue weighted by Gasteiger charge is 2.46. The molecule has 141 valence electrons. The Bertz CT molecular complexity index is 363. The van der Waals surface area contributed by atoms with E-state index >= 15 is 0 Å². The maximum atomic E-state index is 4.23. The summed E-state index contributed by atoms with van der Waals surface area (Å²) in [6, 6.07) is 0. The second-order valence-electron chi connectivity index (χ2n) is 11.4. The summed E-state index contributed by atoms with van der Waals surface area (Å²) in [6.45, 7) is 23.3. The van der Waals surface area contributed by atoms with Crippen molar-refractivity contribution in [2.45, 2.75) is 116 Å². The first-order valence-corrected chi connectivity index (χ1v) is 10.1. The van der Waals surface area contributed by atoms with Crippen LogP contribution in [0.3, 0.4) is 0 Å². The van der Waals surface area contributed by atoms with Crippen molar-refractivity contribution < 1.29 is 0 Å². The van der Waals surface area contributed by atoms with E-state index in [0.29, 0.717) is 0 Å². The minimum absolute atomic E-state index is 0.240. The fraction of sp³-hybridized carbons (Fsp3) is 0.955. The second-order valence-corrected chi connectivity index (χ2v) is 11.4. The molecule has 0 aliphatic carbocycles. The molecule has 0 amide bonds. The van der Waals surface area contributed by atoms with Crippen molar-refractivity contribution in [2.75, 3.05) is 0 Å². The molecular weight excluding hydrogens is 292 g/mol. The van der Waals surface area contributed by atoms with Gasteiger partial charge in [0, 0.05) is 22.2 Å². The van der Waals surface area contributed by atoms with Gasteiger partial charge in [0.1, 0.15) is 0 Å². The summed E-state index contributed by atoms with van der Waals surface area (Å²) in [5, 5.41) is 7.73. The monoisotopic (exact) mass is 335 g/mol. The maximum absolute atomic E-state index is 4.23. The SMILES string of the molecule is [CH2]CCC(C1CC(C)(C)NC(C)(C)C1)C1CC(C)(C)NC(C)(C)C1. The zero-order valence-corrected chi connectivity index (χ0v) is 17.7. The van der Waals surface area contributed by atoms with Crippen LogP contribution in [0, 0.1) is 24.7 Å². The van der Waals surface area contributed by atoms with Gasteiger partial charge in [0.2, 0.25) is 0 Å². The first-order valence-electron chi connectivity index (χ1n) is 10.1. The molecule has 2 heterocycles. The Hall–Kier alpha value is -0.0800. The summed E-state index contributed by atoms with van der Waals surface area (Å²) >= 11 is 0. The minimum atomic E-state index is 0.240. The molecule has 2 aliphatic heterocycles. The lowest BCUT2D eigenvalue weighted by Gasteiger charge is -2.54. The third-order valence-corrected chi connectivity index (χ3v) is 6.19. The summed E-state index contributed by atoms with van der Waals surface area (Å²) in [4.78, 5) is 0. The average Bonchev–Trinajstić information content (AvgIpc) is 2.27. The number of hydrogen-bond acceptors (Lipinski definition) is 2. The van der Waals surface area contributed by atoms with E-state index in [0.717, 1.165) is 24.2 Å². The van der Waals surface area contributed by atoms with Crippen LogP contribution < -0.4 is 10.6 Å². The van der Waals surface area contributed by atoms with Crippen LogP contribution >= 0.6 is 0 Å². The van der Waals surface area contributed by atoms with E-state index in [4.69, 9.17) is 0 Å². The Morgan fingerprint density at radius 1 is 0.708 bits per heavy atom. The molecule has 0 spiro atoms. The molecule has 2 N–H and O–H groups in total. The van der Waals surface area contributed by atoms with Gasteiger partial charge >= 0.3 is 0 Å². The molecule has 2 fully saturated rings. The van der Waals surface area contributed by atoms with Crippen LogP contribution in [0.5, 0.6) is 0 Å². The van der Waals surface area contributed by atoms with Crippen LogP contribution in [0.4, 0.5) is 0 Å². The van der Waals surface area contributed by atoms with Crippen molar-refractivity contribution in [1.29, 1.82) is 0 Å². The van der Waals surface area contributed by atoms with E-state index in [2.05, 4.69) is 72.9 Å². The summed E-state index contributed by atoms with van der Waals surface area (Å²) in [5.74, 6) is 2.43. The number of piperidine rings is 2. The molecule has 2 nitrogen and oxygen atoms in total. The lowest BCUT2D eigenvalue weighted by Crippen LogP contribution is -2.61. The van der Waals surface area contributed by atoms with E-state index in [1.165, 1.54) is 32.1 Å². The van der Waals surface area contributed by atoms with Gasteiger partial charge in [-0.3, -0.25) is 0 Å². The number of hydrogen-bond donors (Lipinski definition) is 2. The fourth-order valence-corrected chi connectivity index (χ4v) is 6.50. The molecule has 0 bridgehead atoms. The van der Waals surface area contributed by atoms with Gasteiger partial charge in [-0.05, 0) is 105 Å². The topological polar surface area (TPSA) is 24.1 Å². The van der Waals surface area contributed by atoms with Crippen LogP contribution in [-0.2, 0) is 0 Å². The zero-order chi connectivity index (χ0) is 18.4. The Balaban J connectivity index is 2.25. The third-order valence-electron chi connectivity index (χ3n) is 6.19. The van der Waals surface area contributed by atoms with Gasteiger partial charge in [0.05, 0.1) is 0 Å². The van der Waals surface area contributed by atoms with Gasteiger partial charge in [-0.15, -0.1) is 0 Å². The van der Waals surface area contributed by atoms with Gasteiger partial charge in [0.25, 0.3) is 0 Å². The second kappa shape index (κ2) is 6.58. The van der Waals surface area contributed by atoms with E-state index in [1.54, 1.807) is 0 Å². The fourth-order valence-electron chi connectivity index (χ4n) is 6.50. The van der Waals surface area contributed by atoms with Crippen LogP contribution in [-0.4, -0.2) is 22.2 Å². The molecule has 2 saturated heterocycles. The highest BCUT2D eigenvalue weighted by molar-refractivity contribution is 5.03. The third kappa shape index (κ3) is 5.21. The van der Waals surface area contributed by atoms with E-state index in [9.17, 15) is 0 Å². The largest absolute Gasteiger partial charge is 0.307 e. The van der Waals surface area contributed by atoms with Crippen LogP contribution in [0.25, 0.3) is 0 Å². The van der Waals surface area contributed by atoms with Crippen molar-refractivity contribution in [3.05, 3.63) is 6.92 Å². The van der Waals surface area contributed by atoms with E-state index < -0.39 is 0 Å². The molecule has 2 aliphatic rings. The molecule has 0 aromatic carbocycles. The summed E-state index contributed by atoms with van der Waals surface area (Å²) < 4.78 is 0. The summed E-state index contributed by atoms with van der Waals surface area (Å²) in [7, 11) is 0. The van der Waals surface area contributed by atoms with Crippen molar-refractivity contribution in [3.63, 3.8) is 0 Å². The van der Waals surface area contributed by atoms with Gasteiger partial charge < -0.3 is 10.6 Å². The normalized spacial score (nSPS) is 29.8. The van der Waals surface area contributed by atoms with Gasteiger partial charge in [-0.25, -0.2) is 0 Å². The maximum Gasteiger partial charge on any atom is 0.0132 e. The van der Waals surface area contributed by atoms with Crippen LogP contribution in [0.15, 0.2) is 0 Å². The quantitative estimate of drug-likeness (QED) is 0.725. The number of rotatable bonds is 4. The molecule has 24 heavy (non-hydrogen) atoms. The molecule has 2 rings (SSSR count). The average molecular weight is 336 g/mol. The summed E-state index contributed by atoms with van der Waals surface area (Å²) in [5.41, 5.74) is 0.959. The standard InChI is InChI=1S/C22H43N2/c1-10-11-18(16-12-19(2,3)23-20(4,5)13-16)17-14-21(6,7)24-22(8,9)15-17/h16-18,23-24H,1,10-15H2,2-9H3. The van der Waals surface area contributed by atoms with E-state index in [-0.39, 0.29) is 22.2 Å². The molecule has 2 heteroatoms. The molecule has 0 atom stereocenters. The van der Waals surface area contributed by atoms with Gasteiger partial charge in [-0.2, -0.15) is 0 Å². The van der Waals surface area contributed by atoms with Gasteiger partial charge in [0.15, 0.2) is 0 Å². The lowest BCUT2D eigenvalue weighted by atomic mass is 9.61. The Morgan fingerprint density at radius 2 is 1.00 bits per heavy atom. The highest BCUT2D eigenvalue weighted by Crippen LogP contribution is 2.47. The molecular formula is C22H43N2. The van der Waals surface area contributed by atoms with Crippen molar-refractivity contribution in [1.82, 2.24) is 10.6 Å². The smallest absolute Gasteiger partial charge is 0.0132 e. The minimum Gasteiger partial charge on any atom is -0.307 e. The lowest BCUT2D eigenvalue weighted by molar-refractivity contribution is 0.0220. The Kier molecular flexibility index (Phi) is 5.55. The molecule has 1 radical (unpaired) electrons. The molecule has 0 aromatic heterocycles.